The first-order chi connectivity index (χ1) is 10.6. The Labute approximate surface area is 131 Å². The van der Waals surface area contributed by atoms with Crippen LogP contribution < -0.4 is 15.2 Å². The van der Waals surface area contributed by atoms with Gasteiger partial charge in [0.1, 0.15) is 17.6 Å². The molecule has 1 amide bonds. The summed E-state index contributed by atoms with van der Waals surface area (Å²) in [7, 11) is 4.98. The van der Waals surface area contributed by atoms with Crippen molar-refractivity contribution in [1.29, 1.82) is 0 Å². The highest BCUT2D eigenvalue weighted by Crippen LogP contribution is 2.26. The molecule has 1 saturated heterocycles. The van der Waals surface area contributed by atoms with Crippen LogP contribution in [0, 0.1) is 0 Å². The van der Waals surface area contributed by atoms with Crippen LogP contribution in [0.1, 0.15) is 18.4 Å². The number of methoxy groups -OCH3 is 2. The number of hydrogen-bond donors (Lipinski definition) is 1. The fourth-order valence-corrected chi connectivity index (χ4v) is 2.62. The Morgan fingerprint density at radius 2 is 2.14 bits per heavy atom. The van der Waals surface area contributed by atoms with Crippen molar-refractivity contribution in [3.63, 3.8) is 0 Å². The van der Waals surface area contributed by atoms with Crippen LogP contribution in [0.4, 0.5) is 0 Å². The van der Waals surface area contributed by atoms with Crippen molar-refractivity contribution >= 4 is 5.91 Å². The molecule has 0 aromatic heterocycles. The SMILES string of the molecule is COc1ccc(CN(C)C(=O)[C@@H]2CC[C@H](CN)O2)c(OC)c1. The Hall–Kier alpha value is -1.79. The minimum absolute atomic E-state index is 0.00197. The van der Waals surface area contributed by atoms with E-state index in [2.05, 4.69) is 0 Å². The maximum Gasteiger partial charge on any atom is 0.251 e. The van der Waals surface area contributed by atoms with Gasteiger partial charge in [-0.05, 0) is 25.0 Å². The zero-order valence-corrected chi connectivity index (χ0v) is 13.4. The minimum atomic E-state index is -0.386. The molecule has 22 heavy (non-hydrogen) atoms. The van der Waals surface area contributed by atoms with Crippen molar-refractivity contribution in [3.8, 4) is 11.5 Å². The van der Waals surface area contributed by atoms with E-state index >= 15 is 0 Å². The number of likely N-dealkylation sites (N-methyl/N-ethyl adjacent to an activating group) is 1. The smallest absolute Gasteiger partial charge is 0.251 e. The lowest BCUT2D eigenvalue weighted by atomic mass is 10.1. The number of carbonyl (C=O) groups excluding carboxylic acids is 1. The number of nitrogens with zero attached hydrogens (tertiary/aromatic N) is 1. The minimum Gasteiger partial charge on any atom is -0.497 e. The quantitative estimate of drug-likeness (QED) is 0.854. The molecule has 2 rings (SSSR count). The number of carbonyl (C=O) groups is 1. The number of amides is 1. The summed E-state index contributed by atoms with van der Waals surface area (Å²) in [5, 5.41) is 0. The van der Waals surface area contributed by atoms with Crippen LogP contribution in [-0.2, 0) is 16.1 Å². The van der Waals surface area contributed by atoms with E-state index in [0.717, 1.165) is 24.2 Å². The van der Waals surface area contributed by atoms with Crippen LogP contribution in [0.25, 0.3) is 0 Å². The van der Waals surface area contributed by atoms with Crippen LogP contribution in [0.5, 0.6) is 11.5 Å². The Balaban J connectivity index is 2.02. The molecule has 0 aliphatic carbocycles. The topological polar surface area (TPSA) is 74.0 Å². The van der Waals surface area contributed by atoms with Gasteiger partial charge in [-0.25, -0.2) is 0 Å². The molecule has 0 bridgehead atoms. The summed E-state index contributed by atoms with van der Waals surface area (Å²) >= 11 is 0. The van der Waals surface area contributed by atoms with Gasteiger partial charge in [0.25, 0.3) is 5.91 Å². The average molecular weight is 308 g/mol. The van der Waals surface area contributed by atoms with Crippen molar-refractivity contribution in [2.24, 2.45) is 5.73 Å². The van der Waals surface area contributed by atoms with Crippen molar-refractivity contribution in [3.05, 3.63) is 23.8 Å². The highest BCUT2D eigenvalue weighted by Gasteiger charge is 2.31. The second-order valence-corrected chi connectivity index (χ2v) is 5.43. The molecule has 0 spiro atoms. The summed E-state index contributed by atoms with van der Waals surface area (Å²) in [6.07, 6.45) is 1.18. The third kappa shape index (κ3) is 3.69. The van der Waals surface area contributed by atoms with Gasteiger partial charge in [0, 0.05) is 31.8 Å². The molecule has 1 heterocycles. The maximum atomic E-state index is 12.4. The highest BCUT2D eigenvalue weighted by atomic mass is 16.5. The normalized spacial score (nSPS) is 20.7. The summed E-state index contributed by atoms with van der Waals surface area (Å²) in [6.45, 7) is 0.916. The molecule has 6 heteroatoms. The third-order valence-electron chi connectivity index (χ3n) is 3.92. The van der Waals surface area contributed by atoms with E-state index in [4.69, 9.17) is 19.9 Å². The largest absolute Gasteiger partial charge is 0.497 e. The molecule has 1 fully saturated rings. The zero-order chi connectivity index (χ0) is 16.1. The summed E-state index contributed by atoms with van der Waals surface area (Å²) < 4.78 is 16.2. The summed E-state index contributed by atoms with van der Waals surface area (Å²) in [5.74, 6) is 1.40. The number of ether oxygens (including phenoxy) is 3. The molecule has 1 aliphatic rings. The van der Waals surface area contributed by atoms with Gasteiger partial charge in [-0.2, -0.15) is 0 Å². The van der Waals surface area contributed by atoms with Gasteiger partial charge in [0.05, 0.1) is 20.3 Å². The third-order valence-corrected chi connectivity index (χ3v) is 3.92. The second kappa shape index (κ2) is 7.47. The van der Waals surface area contributed by atoms with Crippen molar-refractivity contribution in [2.45, 2.75) is 31.6 Å². The molecule has 1 aromatic carbocycles. The van der Waals surface area contributed by atoms with Gasteiger partial charge in [-0.3, -0.25) is 4.79 Å². The Bertz CT molecular complexity index is 521. The van der Waals surface area contributed by atoms with Crippen LogP contribution in [0.3, 0.4) is 0 Å². The zero-order valence-electron chi connectivity index (χ0n) is 13.4. The number of rotatable bonds is 6. The van der Waals surface area contributed by atoms with Crippen LogP contribution in [-0.4, -0.2) is 50.8 Å². The summed E-state index contributed by atoms with van der Waals surface area (Å²) in [4.78, 5) is 14.1. The van der Waals surface area contributed by atoms with Gasteiger partial charge in [-0.1, -0.05) is 0 Å². The highest BCUT2D eigenvalue weighted by molar-refractivity contribution is 5.81. The molecule has 122 valence electrons. The lowest BCUT2D eigenvalue weighted by molar-refractivity contribution is -0.141. The van der Waals surface area contributed by atoms with E-state index in [1.54, 1.807) is 26.2 Å². The van der Waals surface area contributed by atoms with Gasteiger partial charge >= 0.3 is 0 Å². The van der Waals surface area contributed by atoms with E-state index in [-0.39, 0.29) is 18.1 Å². The molecule has 0 radical (unpaired) electrons. The predicted octanol–water partition coefficient (Wildman–Crippen LogP) is 1.17. The lowest BCUT2D eigenvalue weighted by Crippen LogP contribution is -2.36. The molecule has 1 aliphatic heterocycles. The predicted molar refractivity (Wildman–Crippen MR) is 83.0 cm³/mol. The summed E-state index contributed by atoms with van der Waals surface area (Å²) in [5.41, 5.74) is 6.51. The Morgan fingerprint density at radius 1 is 1.36 bits per heavy atom. The van der Waals surface area contributed by atoms with Gasteiger partial charge in [-0.15, -0.1) is 0 Å². The Kier molecular flexibility index (Phi) is 5.63. The van der Waals surface area contributed by atoms with E-state index in [9.17, 15) is 4.79 Å². The van der Waals surface area contributed by atoms with Crippen LogP contribution in [0.2, 0.25) is 0 Å². The van der Waals surface area contributed by atoms with Crippen molar-refractivity contribution in [1.82, 2.24) is 4.90 Å². The molecule has 2 atom stereocenters. The van der Waals surface area contributed by atoms with E-state index in [1.807, 2.05) is 18.2 Å². The van der Waals surface area contributed by atoms with E-state index in [1.165, 1.54) is 0 Å². The maximum absolute atomic E-state index is 12.4. The van der Waals surface area contributed by atoms with Crippen LogP contribution >= 0.6 is 0 Å². The van der Waals surface area contributed by atoms with Crippen molar-refractivity contribution in [2.75, 3.05) is 27.8 Å². The second-order valence-electron chi connectivity index (χ2n) is 5.43. The van der Waals surface area contributed by atoms with Crippen molar-refractivity contribution < 1.29 is 19.0 Å². The molecule has 1 aromatic rings. The van der Waals surface area contributed by atoms with Gasteiger partial charge < -0.3 is 24.8 Å². The number of nitrogens with two attached hydrogens (primary N) is 1. The molecule has 0 unspecified atom stereocenters. The first-order valence-corrected chi connectivity index (χ1v) is 7.40. The first kappa shape index (κ1) is 16.6. The standard InChI is InChI=1S/C16H24N2O4/c1-18(16(19)14-7-6-13(9-17)22-14)10-11-4-5-12(20-2)8-15(11)21-3/h4-5,8,13-14H,6-7,9-10,17H2,1-3H3/t13-,14+/m1/s1. The molecular weight excluding hydrogens is 284 g/mol. The van der Waals surface area contributed by atoms with Gasteiger partial charge in [0.2, 0.25) is 0 Å². The van der Waals surface area contributed by atoms with E-state index < -0.39 is 0 Å². The molecule has 6 nitrogen and oxygen atoms in total. The number of benzene rings is 1. The first-order valence-electron chi connectivity index (χ1n) is 7.40. The van der Waals surface area contributed by atoms with Gasteiger partial charge in [0.15, 0.2) is 0 Å². The summed E-state index contributed by atoms with van der Waals surface area (Å²) in [6, 6.07) is 5.57. The lowest BCUT2D eigenvalue weighted by Gasteiger charge is -2.22. The molecular formula is C16H24N2O4. The Morgan fingerprint density at radius 3 is 2.73 bits per heavy atom. The average Bonchev–Trinajstić information content (AvgIpc) is 3.03. The van der Waals surface area contributed by atoms with E-state index in [0.29, 0.717) is 18.8 Å². The fraction of sp³-hybridized carbons (Fsp3) is 0.562. The number of hydrogen-bond acceptors (Lipinski definition) is 5. The van der Waals surface area contributed by atoms with Crippen LogP contribution in [0.15, 0.2) is 18.2 Å². The molecule has 2 N–H and O–H groups in total. The fourth-order valence-electron chi connectivity index (χ4n) is 2.62. The molecule has 0 saturated carbocycles. The monoisotopic (exact) mass is 308 g/mol.